The van der Waals surface area contributed by atoms with Gasteiger partial charge in [-0.15, -0.1) is 0 Å². The molecule has 0 radical (unpaired) electrons. The van der Waals surface area contributed by atoms with Gasteiger partial charge in [0.05, 0.1) is 43.2 Å². The Morgan fingerprint density at radius 1 is 0.978 bits per heavy atom. The number of alkyl halides is 3. The SMILES string of the molecule is COc1ncc(-c2ccc(CN/C=C(/NC(=O)Nc3cc(NC(=O)Cc4ccccc4)cc(C(F)(F)F)c3)ON)nc2)c(C)n1. The summed E-state index contributed by atoms with van der Waals surface area (Å²) in [6.07, 6.45) is -0.249. The number of anilines is 2. The summed E-state index contributed by atoms with van der Waals surface area (Å²) < 4.78 is 45.7. The lowest BCUT2D eigenvalue weighted by atomic mass is 10.1. The predicted octanol–water partition coefficient (Wildman–Crippen LogP) is 4.66. The number of ether oxygens (including phenoxy) is 1. The van der Waals surface area contributed by atoms with E-state index in [2.05, 4.69) is 41.1 Å². The number of amides is 3. The summed E-state index contributed by atoms with van der Waals surface area (Å²) in [6.45, 7) is 2.04. The first-order chi connectivity index (χ1) is 21.5. The smallest absolute Gasteiger partial charge is 0.416 e. The van der Waals surface area contributed by atoms with Gasteiger partial charge in [0.1, 0.15) is 0 Å². The van der Waals surface area contributed by atoms with Crippen LogP contribution in [-0.4, -0.2) is 34.0 Å². The highest BCUT2D eigenvalue weighted by atomic mass is 19.4. The molecule has 0 aliphatic heterocycles. The Hall–Kier alpha value is -5.70. The lowest BCUT2D eigenvalue weighted by molar-refractivity contribution is -0.137. The number of rotatable bonds is 11. The van der Waals surface area contributed by atoms with Crippen molar-refractivity contribution in [2.45, 2.75) is 26.1 Å². The van der Waals surface area contributed by atoms with Gasteiger partial charge in [-0.05, 0) is 36.8 Å². The van der Waals surface area contributed by atoms with Gasteiger partial charge >= 0.3 is 18.2 Å². The number of urea groups is 1. The second-order valence-electron chi connectivity index (χ2n) is 9.49. The molecule has 0 aliphatic carbocycles. The summed E-state index contributed by atoms with van der Waals surface area (Å²) in [6, 6.07) is 14.3. The largest absolute Gasteiger partial charge is 0.467 e. The summed E-state index contributed by atoms with van der Waals surface area (Å²) >= 11 is 0. The van der Waals surface area contributed by atoms with Crippen molar-refractivity contribution in [3.8, 4) is 17.1 Å². The van der Waals surface area contributed by atoms with Gasteiger partial charge in [0.25, 0.3) is 0 Å². The number of nitrogens with two attached hydrogens (primary N) is 1. The fourth-order valence-corrected chi connectivity index (χ4v) is 4.06. The maximum Gasteiger partial charge on any atom is 0.416 e. The Labute approximate surface area is 255 Å². The molecule has 4 rings (SSSR count). The zero-order chi connectivity index (χ0) is 32.4. The summed E-state index contributed by atoms with van der Waals surface area (Å²) in [5.41, 5.74) is 2.17. The lowest BCUT2D eigenvalue weighted by Gasteiger charge is -2.15. The van der Waals surface area contributed by atoms with Crippen LogP contribution >= 0.6 is 0 Å². The van der Waals surface area contributed by atoms with E-state index >= 15 is 0 Å². The van der Waals surface area contributed by atoms with Crippen molar-refractivity contribution >= 4 is 23.3 Å². The van der Waals surface area contributed by atoms with E-state index in [-0.39, 0.29) is 36.2 Å². The van der Waals surface area contributed by atoms with E-state index in [1.165, 1.54) is 19.4 Å². The minimum absolute atomic E-state index is 0.0493. The predicted molar refractivity (Wildman–Crippen MR) is 159 cm³/mol. The van der Waals surface area contributed by atoms with Crippen LogP contribution in [0, 0.1) is 6.92 Å². The first kappa shape index (κ1) is 32.2. The minimum Gasteiger partial charge on any atom is -0.467 e. The van der Waals surface area contributed by atoms with Crippen molar-refractivity contribution in [3.63, 3.8) is 0 Å². The number of benzene rings is 2. The third-order valence-electron chi connectivity index (χ3n) is 6.17. The number of halogens is 3. The summed E-state index contributed by atoms with van der Waals surface area (Å²) in [5.74, 6) is 4.49. The van der Waals surface area contributed by atoms with Crippen molar-refractivity contribution < 1.29 is 32.3 Å². The van der Waals surface area contributed by atoms with Gasteiger partial charge in [0, 0.05) is 34.9 Å². The number of aromatic nitrogens is 3. The van der Waals surface area contributed by atoms with Crippen molar-refractivity contribution in [1.29, 1.82) is 0 Å². The van der Waals surface area contributed by atoms with Crippen molar-refractivity contribution in [1.82, 2.24) is 25.6 Å². The molecule has 4 aromatic rings. The van der Waals surface area contributed by atoms with Crippen molar-refractivity contribution in [3.05, 3.63) is 108 Å². The van der Waals surface area contributed by atoms with Gasteiger partial charge in [0.15, 0.2) is 0 Å². The van der Waals surface area contributed by atoms with E-state index < -0.39 is 23.7 Å². The molecule has 0 atom stereocenters. The van der Waals surface area contributed by atoms with Crippen molar-refractivity contribution in [2.24, 2.45) is 5.90 Å². The highest BCUT2D eigenvalue weighted by molar-refractivity contribution is 5.95. The maximum absolute atomic E-state index is 13.6. The Kier molecular flexibility index (Phi) is 10.5. The van der Waals surface area contributed by atoms with Gasteiger partial charge in [-0.1, -0.05) is 36.4 Å². The second-order valence-corrected chi connectivity index (χ2v) is 9.49. The van der Waals surface area contributed by atoms with E-state index in [4.69, 9.17) is 10.6 Å². The van der Waals surface area contributed by atoms with E-state index in [0.29, 0.717) is 11.3 Å². The maximum atomic E-state index is 13.6. The van der Waals surface area contributed by atoms with Crippen LogP contribution < -0.4 is 31.9 Å². The van der Waals surface area contributed by atoms with E-state index in [1.807, 2.05) is 13.0 Å². The third kappa shape index (κ3) is 9.39. The van der Waals surface area contributed by atoms with Crippen molar-refractivity contribution in [2.75, 3.05) is 17.7 Å². The number of hydrogen-bond acceptors (Lipinski definition) is 9. The normalized spacial score (nSPS) is 11.4. The molecule has 0 unspecified atom stereocenters. The molecule has 0 aliphatic rings. The van der Waals surface area contributed by atoms with Gasteiger partial charge in [-0.25, -0.2) is 9.78 Å². The second kappa shape index (κ2) is 14.7. The van der Waals surface area contributed by atoms with Crippen LogP contribution in [-0.2, 0) is 28.8 Å². The summed E-state index contributed by atoms with van der Waals surface area (Å²) in [7, 11) is 1.48. The van der Waals surface area contributed by atoms with Gasteiger partial charge in [0.2, 0.25) is 11.8 Å². The topological polar surface area (TPSA) is 165 Å². The van der Waals surface area contributed by atoms with E-state index in [0.717, 1.165) is 29.0 Å². The molecular weight excluding hydrogens is 593 g/mol. The number of nitrogens with one attached hydrogen (secondary N) is 4. The number of carbonyl (C=O) groups is 2. The number of methoxy groups -OCH3 is 1. The van der Waals surface area contributed by atoms with Crippen LogP contribution in [0.4, 0.5) is 29.3 Å². The average Bonchev–Trinajstić information content (AvgIpc) is 3.00. The molecule has 0 spiro atoms. The quantitative estimate of drug-likeness (QED) is 0.118. The molecule has 0 saturated carbocycles. The standard InChI is InChI=1S/C30H29F3N8O4/c1-18-25(16-37-29(38-18)44-2)20-8-9-22(36-14-20)15-35-17-27(45-34)41-28(43)40-24-12-21(30(31,32)33)11-23(13-24)39-26(42)10-19-6-4-3-5-7-19/h3-9,11-14,16-17,35H,10,15,34H2,1-2H3,(H,39,42)(H2,40,41,43)/b27-17-. The van der Waals surface area contributed by atoms with Crippen LogP contribution in [0.2, 0.25) is 0 Å². The molecule has 0 saturated heterocycles. The highest BCUT2D eigenvalue weighted by Crippen LogP contribution is 2.33. The van der Waals surface area contributed by atoms with Gasteiger partial charge in [-0.2, -0.15) is 24.1 Å². The molecule has 0 bridgehead atoms. The molecule has 45 heavy (non-hydrogen) atoms. The molecule has 0 fully saturated rings. The molecule has 234 valence electrons. The Morgan fingerprint density at radius 2 is 1.71 bits per heavy atom. The van der Waals surface area contributed by atoms with Crippen LogP contribution in [0.5, 0.6) is 6.01 Å². The average molecular weight is 623 g/mol. The fourth-order valence-electron chi connectivity index (χ4n) is 4.06. The first-order valence-corrected chi connectivity index (χ1v) is 13.3. The fraction of sp³-hybridized carbons (Fsp3) is 0.167. The Balaban J connectivity index is 1.36. The molecule has 6 N–H and O–H groups in total. The number of carbonyl (C=O) groups excluding carboxylic acids is 2. The van der Waals surface area contributed by atoms with E-state index in [9.17, 15) is 22.8 Å². The molecule has 2 aromatic carbocycles. The number of aryl methyl sites for hydroxylation is 1. The lowest BCUT2D eigenvalue weighted by Crippen LogP contribution is -2.31. The molecule has 12 nitrogen and oxygen atoms in total. The Morgan fingerprint density at radius 3 is 2.33 bits per heavy atom. The van der Waals surface area contributed by atoms with Crippen LogP contribution in [0.25, 0.3) is 11.1 Å². The zero-order valence-corrected chi connectivity index (χ0v) is 24.1. The third-order valence-corrected chi connectivity index (χ3v) is 6.17. The Bertz CT molecular complexity index is 1670. The van der Waals surface area contributed by atoms with Gasteiger partial charge in [-0.3, -0.25) is 15.1 Å². The molecule has 2 aromatic heterocycles. The zero-order valence-electron chi connectivity index (χ0n) is 24.1. The molecule has 3 amide bonds. The van der Waals surface area contributed by atoms with Crippen LogP contribution in [0.15, 0.2) is 85.1 Å². The monoisotopic (exact) mass is 622 g/mol. The van der Waals surface area contributed by atoms with E-state index in [1.54, 1.807) is 48.8 Å². The van der Waals surface area contributed by atoms with Crippen LogP contribution in [0.1, 0.15) is 22.5 Å². The summed E-state index contributed by atoms with van der Waals surface area (Å²) in [5, 5.41) is 9.89. The molecular formula is C30H29F3N8O4. The molecule has 15 heteroatoms. The van der Waals surface area contributed by atoms with Crippen LogP contribution in [0.3, 0.4) is 0 Å². The highest BCUT2D eigenvalue weighted by Gasteiger charge is 2.31. The number of hydrogen-bond donors (Lipinski definition) is 5. The molecule has 2 heterocycles. The first-order valence-electron chi connectivity index (χ1n) is 13.3. The number of pyridine rings is 1. The summed E-state index contributed by atoms with van der Waals surface area (Å²) in [4.78, 5) is 42.4. The van der Waals surface area contributed by atoms with Gasteiger partial charge < -0.3 is 25.5 Å². The minimum atomic E-state index is -4.74. The number of nitrogens with zero attached hydrogens (tertiary/aromatic N) is 3.